The Morgan fingerprint density at radius 3 is 2.84 bits per heavy atom. The third-order valence-corrected chi connectivity index (χ3v) is 3.51. The molecule has 1 saturated heterocycles. The van der Waals surface area contributed by atoms with E-state index in [1.165, 1.54) is 12.1 Å². The molecule has 2 rings (SSSR count). The lowest BCUT2D eigenvalue weighted by Gasteiger charge is -2.16. The maximum atomic E-state index is 13.3. The number of hydrogen-bond acceptors (Lipinski definition) is 2. The molecule has 0 saturated carbocycles. The standard InChI is InChI=1S/C13H13ClFNO3/c14-10-2-1-9(6-11(10)15)13(19)16-4-3-8(7-16)5-12(17)18/h1-2,6,8H,3-5,7H2,(H,17,18). The van der Waals surface area contributed by atoms with Crippen molar-refractivity contribution < 1.29 is 19.1 Å². The van der Waals surface area contributed by atoms with Crippen LogP contribution in [0.15, 0.2) is 18.2 Å². The van der Waals surface area contributed by atoms with Crippen molar-refractivity contribution in [3.63, 3.8) is 0 Å². The van der Waals surface area contributed by atoms with Crippen molar-refractivity contribution in [3.05, 3.63) is 34.6 Å². The Kier molecular flexibility index (Phi) is 4.04. The molecule has 1 aliphatic heterocycles. The van der Waals surface area contributed by atoms with Crippen LogP contribution in [0.2, 0.25) is 5.02 Å². The zero-order chi connectivity index (χ0) is 14.0. The fourth-order valence-electron chi connectivity index (χ4n) is 2.24. The molecule has 1 amide bonds. The van der Waals surface area contributed by atoms with Crippen LogP contribution in [0.4, 0.5) is 4.39 Å². The lowest BCUT2D eigenvalue weighted by Crippen LogP contribution is -2.29. The van der Waals surface area contributed by atoms with Gasteiger partial charge < -0.3 is 10.0 Å². The van der Waals surface area contributed by atoms with Gasteiger partial charge in [0.15, 0.2) is 0 Å². The van der Waals surface area contributed by atoms with Gasteiger partial charge in [-0.05, 0) is 30.5 Å². The molecule has 6 heteroatoms. The van der Waals surface area contributed by atoms with Gasteiger partial charge in [-0.15, -0.1) is 0 Å². The summed E-state index contributed by atoms with van der Waals surface area (Å²) in [5, 5.41) is 8.69. The molecule has 1 N–H and O–H groups in total. The zero-order valence-corrected chi connectivity index (χ0v) is 10.9. The molecule has 0 bridgehead atoms. The van der Waals surface area contributed by atoms with Gasteiger partial charge in [0.1, 0.15) is 5.82 Å². The first kappa shape index (κ1) is 13.8. The minimum absolute atomic E-state index is 0.0262. The summed E-state index contributed by atoms with van der Waals surface area (Å²) in [6, 6.07) is 3.92. The molecule has 1 fully saturated rings. The average Bonchev–Trinajstić information content (AvgIpc) is 2.79. The monoisotopic (exact) mass is 285 g/mol. The number of benzene rings is 1. The fourth-order valence-corrected chi connectivity index (χ4v) is 2.36. The number of carboxylic acids is 1. The Bertz CT molecular complexity index is 521. The van der Waals surface area contributed by atoms with Crippen molar-refractivity contribution >= 4 is 23.5 Å². The number of halogens is 2. The van der Waals surface area contributed by atoms with Gasteiger partial charge in [0, 0.05) is 25.1 Å². The number of rotatable bonds is 3. The number of carbonyl (C=O) groups excluding carboxylic acids is 1. The van der Waals surface area contributed by atoms with Crippen LogP contribution >= 0.6 is 11.6 Å². The molecule has 1 aliphatic rings. The number of carbonyl (C=O) groups is 2. The molecular formula is C13H13ClFNO3. The second-order valence-corrected chi connectivity index (χ2v) is 5.04. The van der Waals surface area contributed by atoms with E-state index in [1.54, 1.807) is 4.90 Å². The van der Waals surface area contributed by atoms with Crippen molar-refractivity contribution in [1.82, 2.24) is 4.90 Å². The number of nitrogens with zero attached hydrogens (tertiary/aromatic N) is 1. The van der Waals surface area contributed by atoms with Gasteiger partial charge >= 0.3 is 5.97 Å². The minimum Gasteiger partial charge on any atom is -0.481 e. The van der Waals surface area contributed by atoms with E-state index in [0.29, 0.717) is 19.5 Å². The molecule has 19 heavy (non-hydrogen) atoms. The topological polar surface area (TPSA) is 57.6 Å². The summed E-state index contributed by atoms with van der Waals surface area (Å²) in [5.41, 5.74) is 0.234. The van der Waals surface area contributed by atoms with Crippen molar-refractivity contribution in [3.8, 4) is 0 Å². The second-order valence-electron chi connectivity index (χ2n) is 4.63. The van der Waals surface area contributed by atoms with Crippen LogP contribution in [0.1, 0.15) is 23.2 Å². The van der Waals surface area contributed by atoms with E-state index in [1.807, 2.05) is 0 Å². The van der Waals surface area contributed by atoms with Crippen molar-refractivity contribution in [1.29, 1.82) is 0 Å². The SMILES string of the molecule is O=C(O)CC1CCN(C(=O)c2ccc(Cl)c(F)c2)C1. The number of amides is 1. The van der Waals surface area contributed by atoms with E-state index in [2.05, 4.69) is 0 Å². The number of carboxylic acid groups (broad SMARTS) is 1. The van der Waals surface area contributed by atoms with E-state index in [0.717, 1.165) is 6.07 Å². The van der Waals surface area contributed by atoms with Gasteiger partial charge in [-0.3, -0.25) is 9.59 Å². The van der Waals surface area contributed by atoms with Crippen LogP contribution in [0.3, 0.4) is 0 Å². The summed E-state index contributed by atoms with van der Waals surface area (Å²) in [6.45, 7) is 0.899. The quantitative estimate of drug-likeness (QED) is 0.928. The van der Waals surface area contributed by atoms with Gasteiger partial charge in [0.2, 0.25) is 0 Å². The van der Waals surface area contributed by atoms with Crippen LogP contribution in [-0.2, 0) is 4.79 Å². The number of aliphatic carboxylic acids is 1. The van der Waals surface area contributed by atoms with E-state index >= 15 is 0 Å². The molecule has 0 spiro atoms. The fraction of sp³-hybridized carbons (Fsp3) is 0.385. The molecule has 4 nitrogen and oxygen atoms in total. The summed E-state index contributed by atoms with van der Waals surface area (Å²) in [5.74, 6) is -1.81. The Labute approximate surface area is 114 Å². The molecule has 1 aromatic rings. The highest BCUT2D eigenvalue weighted by Crippen LogP contribution is 2.23. The highest BCUT2D eigenvalue weighted by Gasteiger charge is 2.28. The highest BCUT2D eigenvalue weighted by atomic mass is 35.5. The van der Waals surface area contributed by atoms with Gasteiger partial charge in [-0.1, -0.05) is 11.6 Å². The second kappa shape index (κ2) is 5.57. The maximum Gasteiger partial charge on any atom is 0.303 e. The first-order chi connectivity index (χ1) is 8.97. The Hall–Kier alpha value is -1.62. The Morgan fingerprint density at radius 2 is 2.21 bits per heavy atom. The molecule has 1 unspecified atom stereocenters. The lowest BCUT2D eigenvalue weighted by atomic mass is 10.1. The average molecular weight is 286 g/mol. The third-order valence-electron chi connectivity index (χ3n) is 3.20. The first-order valence-corrected chi connectivity index (χ1v) is 6.31. The van der Waals surface area contributed by atoms with Crippen molar-refractivity contribution in [2.24, 2.45) is 5.92 Å². The van der Waals surface area contributed by atoms with Crippen molar-refractivity contribution in [2.45, 2.75) is 12.8 Å². The molecule has 1 aromatic carbocycles. The molecule has 0 aromatic heterocycles. The predicted molar refractivity (Wildman–Crippen MR) is 67.7 cm³/mol. The normalized spacial score (nSPS) is 18.6. The molecule has 0 aliphatic carbocycles. The molecule has 102 valence electrons. The lowest BCUT2D eigenvalue weighted by molar-refractivity contribution is -0.138. The Morgan fingerprint density at radius 1 is 1.47 bits per heavy atom. The van der Waals surface area contributed by atoms with Crippen LogP contribution in [-0.4, -0.2) is 35.0 Å². The third kappa shape index (κ3) is 3.23. The molecule has 1 heterocycles. The van der Waals surface area contributed by atoms with E-state index < -0.39 is 11.8 Å². The van der Waals surface area contributed by atoms with Crippen LogP contribution in [0, 0.1) is 11.7 Å². The van der Waals surface area contributed by atoms with Crippen molar-refractivity contribution in [2.75, 3.05) is 13.1 Å². The maximum absolute atomic E-state index is 13.3. The zero-order valence-electron chi connectivity index (χ0n) is 10.1. The van der Waals surface area contributed by atoms with Gasteiger partial charge in [-0.2, -0.15) is 0 Å². The van der Waals surface area contributed by atoms with Gasteiger partial charge in [-0.25, -0.2) is 4.39 Å². The smallest absolute Gasteiger partial charge is 0.303 e. The number of hydrogen-bond donors (Lipinski definition) is 1. The highest BCUT2D eigenvalue weighted by molar-refractivity contribution is 6.30. The summed E-state index contributed by atoms with van der Waals surface area (Å²) < 4.78 is 13.3. The molecule has 1 atom stereocenters. The van der Waals surface area contributed by atoms with Crippen LogP contribution < -0.4 is 0 Å². The largest absolute Gasteiger partial charge is 0.481 e. The summed E-state index contributed by atoms with van der Waals surface area (Å²) in [6.07, 6.45) is 0.715. The predicted octanol–water partition coefficient (Wildman–Crippen LogP) is 2.42. The number of likely N-dealkylation sites (tertiary alicyclic amines) is 1. The van der Waals surface area contributed by atoms with Crippen LogP contribution in [0.5, 0.6) is 0 Å². The summed E-state index contributed by atoms with van der Waals surface area (Å²) >= 11 is 5.56. The van der Waals surface area contributed by atoms with E-state index in [4.69, 9.17) is 16.7 Å². The minimum atomic E-state index is -0.864. The summed E-state index contributed by atoms with van der Waals surface area (Å²) in [4.78, 5) is 24.3. The Balaban J connectivity index is 2.04. The molecular weight excluding hydrogens is 273 g/mol. The van der Waals surface area contributed by atoms with Crippen LogP contribution in [0.25, 0.3) is 0 Å². The molecule has 0 radical (unpaired) electrons. The first-order valence-electron chi connectivity index (χ1n) is 5.93. The summed E-state index contributed by atoms with van der Waals surface area (Å²) in [7, 11) is 0. The van der Waals surface area contributed by atoms with Gasteiger partial charge in [0.05, 0.1) is 5.02 Å². The van der Waals surface area contributed by atoms with Gasteiger partial charge in [0.25, 0.3) is 5.91 Å². The van der Waals surface area contributed by atoms with E-state index in [9.17, 15) is 14.0 Å². The van der Waals surface area contributed by atoms with E-state index in [-0.39, 0.29) is 28.8 Å².